The normalized spacial score (nSPS) is 42.0. The van der Waals surface area contributed by atoms with Crippen molar-refractivity contribution in [3.05, 3.63) is 0 Å². The van der Waals surface area contributed by atoms with E-state index in [1.165, 1.54) is 0 Å². The van der Waals surface area contributed by atoms with E-state index >= 15 is 0 Å². The zero-order valence-corrected chi connectivity index (χ0v) is 7.04. The summed E-state index contributed by atoms with van der Waals surface area (Å²) in [5, 5.41) is 0. The molecule has 0 aromatic carbocycles. The molecule has 11 heavy (non-hydrogen) atoms. The first kappa shape index (κ1) is 7.90. The van der Waals surface area contributed by atoms with Crippen LogP contribution in [0, 0.1) is 0 Å². The van der Waals surface area contributed by atoms with E-state index in [0.717, 1.165) is 25.7 Å². The predicted octanol–water partition coefficient (Wildman–Crippen LogP) is 1.01. The van der Waals surface area contributed by atoms with Crippen molar-refractivity contribution in [3.63, 3.8) is 0 Å². The molecule has 0 spiro atoms. The summed E-state index contributed by atoms with van der Waals surface area (Å²) in [6, 6.07) is 0. The van der Waals surface area contributed by atoms with Crippen LogP contribution in [0.4, 0.5) is 0 Å². The monoisotopic (exact) mass is 179 g/mol. The number of hydrogen-bond acceptors (Lipinski definition) is 4. The van der Waals surface area contributed by atoms with Crippen molar-refractivity contribution in [1.82, 2.24) is 0 Å². The van der Waals surface area contributed by atoms with Gasteiger partial charge in [0, 0.05) is 0 Å². The Morgan fingerprint density at radius 1 is 1.00 bits per heavy atom. The Morgan fingerprint density at radius 2 is 1.45 bits per heavy atom. The molecule has 1 aliphatic heterocycles. The SMILES string of the molecule is O[P+]1(O)OC2CCCCC2O1. The Labute approximate surface area is 65.8 Å². The highest BCUT2D eigenvalue weighted by Crippen LogP contribution is 2.62. The summed E-state index contributed by atoms with van der Waals surface area (Å²) in [7, 11) is -3.40. The van der Waals surface area contributed by atoms with Crippen LogP contribution in [0.2, 0.25) is 0 Å². The van der Waals surface area contributed by atoms with Crippen LogP contribution in [0.1, 0.15) is 25.7 Å². The second-order valence-electron chi connectivity index (χ2n) is 3.06. The van der Waals surface area contributed by atoms with Crippen LogP contribution in [0.3, 0.4) is 0 Å². The molecule has 2 fully saturated rings. The predicted molar refractivity (Wildman–Crippen MR) is 39.6 cm³/mol. The molecule has 0 amide bonds. The van der Waals surface area contributed by atoms with E-state index in [0.29, 0.717) is 0 Å². The highest BCUT2D eigenvalue weighted by atomic mass is 31.2. The van der Waals surface area contributed by atoms with Crippen molar-refractivity contribution >= 4 is 8.17 Å². The van der Waals surface area contributed by atoms with E-state index in [1.807, 2.05) is 0 Å². The molecule has 5 heteroatoms. The Balaban J connectivity index is 2.03. The van der Waals surface area contributed by atoms with E-state index in [-0.39, 0.29) is 12.2 Å². The van der Waals surface area contributed by atoms with Gasteiger partial charge in [-0.05, 0) is 12.8 Å². The smallest absolute Gasteiger partial charge is 0.168 e. The van der Waals surface area contributed by atoms with Crippen molar-refractivity contribution in [2.45, 2.75) is 37.9 Å². The van der Waals surface area contributed by atoms with Crippen molar-refractivity contribution in [2.75, 3.05) is 0 Å². The van der Waals surface area contributed by atoms with Crippen molar-refractivity contribution < 1.29 is 18.8 Å². The summed E-state index contributed by atoms with van der Waals surface area (Å²) in [5.41, 5.74) is 0. The summed E-state index contributed by atoms with van der Waals surface area (Å²) in [4.78, 5) is 18.1. The first-order valence-electron chi connectivity index (χ1n) is 3.89. The first-order valence-corrected chi connectivity index (χ1v) is 5.42. The summed E-state index contributed by atoms with van der Waals surface area (Å²) >= 11 is 0. The third-order valence-electron chi connectivity index (χ3n) is 2.19. The molecular formula is C6H12O4P+. The molecule has 0 bridgehead atoms. The fourth-order valence-electron chi connectivity index (χ4n) is 1.68. The number of rotatable bonds is 0. The van der Waals surface area contributed by atoms with Gasteiger partial charge in [0.2, 0.25) is 0 Å². The minimum atomic E-state index is -3.40. The lowest BCUT2D eigenvalue weighted by Gasteiger charge is -2.16. The molecule has 0 radical (unpaired) electrons. The molecule has 2 atom stereocenters. The third kappa shape index (κ3) is 1.55. The van der Waals surface area contributed by atoms with Crippen LogP contribution in [0.15, 0.2) is 0 Å². The van der Waals surface area contributed by atoms with Gasteiger partial charge < -0.3 is 0 Å². The minimum absolute atomic E-state index is 0.0629. The molecule has 2 unspecified atom stereocenters. The van der Waals surface area contributed by atoms with Gasteiger partial charge in [-0.25, -0.2) is 0 Å². The summed E-state index contributed by atoms with van der Waals surface area (Å²) in [6.07, 6.45) is 3.87. The second-order valence-corrected chi connectivity index (χ2v) is 4.47. The van der Waals surface area contributed by atoms with Gasteiger partial charge in [-0.3, -0.25) is 0 Å². The molecule has 1 heterocycles. The van der Waals surface area contributed by atoms with E-state index in [2.05, 4.69) is 0 Å². The molecule has 64 valence electrons. The zero-order valence-electron chi connectivity index (χ0n) is 6.14. The van der Waals surface area contributed by atoms with Gasteiger partial charge in [0.05, 0.1) is 0 Å². The van der Waals surface area contributed by atoms with Gasteiger partial charge in [-0.2, -0.15) is 9.79 Å². The molecule has 0 aromatic rings. The quantitative estimate of drug-likeness (QED) is 0.545. The van der Waals surface area contributed by atoms with Crippen molar-refractivity contribution in [3.8, 4) is 0 Å². The summed E-state index contributed by atoms with van der Waals surface area (Å²) in [6.45, 7) is 0. The highest BCUT2D eigenvalue weighted by Gasteiger charge is 2.56. The van der Waals surface area contributed by atoms with E-state index in [9.17, 15) is 0 Å². The maximum absolute atomic E-state index is 9.05. The number of hydrogen-bond donors (Lipinski definition) is 2. The average Bonchev–Trinajstić information content (AvgIpc) is 2.21. The van der Waals surface area contributed by atoms with Crippen molar-refractivity contribution in [1.29, 1.82) is 0 Å². The van der Waals surface area contributed by atoms with Crippen molar-refractivity contribution in [2.24, 2.45) is 0 Å². The maximum atomic E-state index is 9.05. The van der Waals surface area contributed by atoms with Crippen LogP contribution in [-0.2, 0) is 9.05 Å². The largest absolute Gasteiger partial charge is 0.570 e. The summed E-state index contributed by atoms with van der Waals surface area (Å²) < 4.78 is 9.91. The molecule has 1 aliphatic carbocycles. The van der Waals surface area contributed by atoms with Gasteiger partial charge in [0.25, 0.3) is 0 Å². The fraction of sp³-hybridized carbons (Fsp3) is 1.00. The highest BCUT2D eigenvalue weighted by molar-refractivity contribution is 7.54. The minimum Gasteiger partial charge on any atom is -0.168 e. The van der Waals surface area contributed by atoms with Gasteiger partial charge >= 0.3 is 8.17 Å². The van der Waals surface area contributed by atoms with Gasteiger partial charge in [-0.15, -0.1) is 9.05 Å². The van der Waals surface area contributed by atoms with Gasteiger partial charge in [-0.1, -0.05) is 12.8 Å². The second kappa shape index (κ2) is 2.64. The van der Waals surface area contributed by atoms with E-state index in [1.54, 1.807) is 0 Å². The molecule has 1 saturated carbocycles. The number of fused-ring (bicyclic) bond motifs is 1. The Bertz CT molecular complexity index is 145. The zero-order chi connectivity index (χ0) is 7.90. The molecule has 1 saturated heterocycles. The molecular weight excluding hydrogens is 167 g/mol. The van der Waals surface area contributed by atoms with Gasteiger partial charge in [0.15, 0.2) is 0 Å². The molecule has 0 aromatic heterocycles. The van der Waals surface area contributed by atoms with Crippen LogP contribution < -0.4 is 0 Å². The lowest BCUT2D eigenvalue weighted by molar-refractivity contribution is 0.110. The first-order chi connectivity index (χ1) is 5.17. The average molecular weight is 179 g/mol. The molecule has 2 rings (SSSR count). The molecule has 4 nitrogen and oxygen atoms in total. The van der Waals surface area contributed by atoms with Crippen LogP contribution in [0.25, 0.3) is 0 Å². The van der Waals surface area contributed by atoms with Crippen LogP contribution in [0.5, 0.6) is 0 Å². The Kier molecular flexibility index (Phi) is 1.90. The lowest BCUT2D eigenvalue weighted by atomic mass is 9.95. The maximum Gasteiger partial charge on any atom is 0.570 e. The van der Waals surface area contributed by atoms with Crippen LogP contribution >= 0.6 is 8.17 Å². The lowest BCUT2D eigenvalue weighted by Crippen LogP contribution is -2.25. The Morgan fingerprint density at radius 3 is 1.91 bits per heavy atom. The van der Waals surface area contributed by atoms with Gasteiger partial charge in [0.1, 0.15) is 12.2 Å². The topological polar surface area (TPSA) is 58.9 Å². The van der Waals surface area contributed by atoms with E-state index < -0.39 is 8.17 Å². The fourth-order valence-corrected chi connectivity index (χ4v) is 2.92. The molecule has 2 N–H and O–H groups in total. The van der Waals surface area contributed by atoms with Crippen LogP contribution in [-0.4, -0.2) is 22.0 Å². The standard InChI is InChI=1S/C6H12O4P/c7-11(8)9-5-3-1-2-4-6(5)10-11/h5-8H,1-4H2/q+1. The summed E-state index contributed by atoms with van der Waals surface area (Å²) in [5.74, 6) is 0. The molecule has 2 aliphatic rings. The third-order valence-corrected chi connectivity index (χ3v) is 3.28. The Hall–Kier alpha value is 0.270. The van der Waals surface area contributed by atoms with E-state index in [4.69, 9.17) is 18.8 Å².